The predicted molar refractivity (Wildman–Crippen MR) is 119 cm³/mol. The van der Waals surface area contributed by atoms with Crippen molar-refractivity contribution in [1.82, 2.24) is 4.98 Å². The van der Waals surface area contributed by atoms with Gasteiger partial charge in [-0.05, 0) is 51.0 Å². The van der Waals surface area contributed by atoms with E-state index in [0.717, 1.165) is 45.3 Å². The van der Waals surface area contributed by atoms with Crippen molar-refractivity contribution in [2.75, 3.05) is 0 Å². The molecule has 3 nitrogen and oxygen atoms in total. The van der Waals surface area contributed by atoms with Crippen LogP contribution in [0, 0.1) is 28.7 Å². The maximum absolute atomic E-state index is 4.71. The third-order valence-electron chi connectivity index (χ3n) is 4.19. The van der Waals surface area contributed by atoms with Gasteiger partial charge in [0.05, 0.1) is 11.4 Å². The summed E-state index contributed by atoms with van der Waals surface area (Å²) in [4.78, 5) is 14.1. The number of benzene rings is 2. The van der Waals surface area contributed by atoms with Crippen molar-refractivity contribution in [2.45, 2.75) is 27.7 Å². The molecule has 1 aromatic heterocycles. The van der Waals surface area contributed by atoms with E-state index >= 15 is 0 Å². The average Bonchev–Trinajstić information content (AvgIpc) is 3.09. The van der Waals surface area contributed by atoms with E-state index in [4.69, 9.17) is 15.0 Å². The van der Waals surface area contributed by atoms with Crippen LogP contribution in [-0.2, 0) is 17.1 Å². The van der Waals surface area contributed by atoms with Crippen LogP contribution in [0.25, 0.3) is 0 Å². The number of nitrogens with zero attached hydrogens (tertiary/aromatic N) is 3. The van der Waals surface area contributed by atoms with Gasteiger partial charge in [0.15, 0.2) is 0 Å². The van der Waals surface area contributed by atoms with Crippen LogP contribution in [-0.4, -0.2) is 11.4 Å². The molecule has 0 spiro atoms. The smallest absolute Gasteiger partial charge is 0.655 e. The van der Waals surface area contributed by atoms with E-state index in [-0.39, 0.29) is 31.9 Å². The van der Waals surface area contributed by atoms with E-state index < -0.39 is 0 Å². The van der Waals surface area contributed by atoms with E-state index in [1.54, 1.807) is 0 Å². The molecule has 0 aliphatic carbocycles. The number of aromatic nitrogens is 1. The fourth-order valence-electron chi connectivity index (χ4n) is 2.62. The van der Waals surface area contributed by atoms with Crippen molar-refractivity contribution in [3.05, 3.63) is 98.0 Å². The molecule has 0 atom stereocenters. The van der Waals surface area contributed by atoms with Gasteiger partial charge in [-0.3, -0.25) is 9.98 Å². The summed E-state index contributed by atoms with van der Waals surface area (Å²) in [5.74, 6) is 0. The summed E-state index contributed by atoms with van der Waals surface area (Å²) >= 11 is 0. The van der Waals surface area contributed by atoms with Crippen molar-refractivity contribution < 1.29 is 17.1 Å². The van der Waals surface area contributed by atoms with Gasteiger partial charge in [0, 0.05) is 11.4 Å². The van der Waals surface area contributed by atoms with Crippen LogP contribution in [0.2, 0.25) is 0 Å². The molecule has 0 aliphatic rings. The Labute approximate surface area is 180 Å². The summed E-state index contributed by atoms with van der Waals surface area (Å²) in [5, 5.41) is 0. The van der Waals surface area contributed by atoms with Gasteiger partial charge in [-0.1, -0.05) is 48.5 Å². The zero-order chi connectivity index (χ0) is 17.8. The fourth-order valence-corrected chi connectivity index (χ4v) is 2.62. The van der Waals surface area contributed by atoms with Crippen LogP contribution in [0.15, 0.2) is 70.6 Å². The van der Waals surface area contributed by atoms with Gasteiger partial charge in [0.25, 0.3) is 0 Å². The van der Waals surface area contributed by atoms with E-state index in [0.29, 0.717) is 0 Å². The molecule has 147 valence electrons. The van der Waals surface area contributed by atoms with Crippen LogP contribution in [0.4, 0.5) is 11.4 Å². The van der Waals surface area contributed by atoms with Crippen LogP contribution in [0.3, 0.4) is 0 Å². The van der Waals surface area contributed by atoms with E-state index in [1.165, 1.54) is 0 Å². The van der Waals surface area contributed by atoms with E-state index in [9.17, 15) is 0 Å². The van der Waals surface area contributed by atoms with Crippen molar-refractivity contribution in [1.29, 1.82) is 0 Å². The number of rotatable bonds is 4. The van der Waals surface area contributed by atoms with Crippen LogP contribution in [0.5, 0.6) is 0 Å². The molecule has 0 amide bonds. The maximum atomic E-state index is 4.71. The number of para-hydroxylation sites is 2. The minimum Gasteiger partial charge on any atom is -0.655 e. The molecule has 3 aromatic rings. The molecule has 2 aromatic carbocycles. The monoisotopic (exact) mass is 414 g/mol. The first-order valence-electron chi connectivity index (χ1n) is 8.41. The molecule has 0 N–H and O–H groups in total. The van der Waals surface area contributed by atoms with Gasteiger partial charge in [-0.2, -0.15) is 0 Å². The van der Waals surface area contributed by atoms with Crippen molar-refractivity contribution in [3.8, 4) is 0 Å². The Morgan fingerprint density at radius 2 is 1.00 bits per heavy atom. The first-order chi connectivity index (χ1) is 12.0. The minimum atomic E-state index is 0. The minimum absolute atomic E-state index is 0. The standard InChI is InChI=1S/C22H22N3.2CH3.Fe/c1-15-9-5-7-11-19(15)23-17(3)21-13-14-22(25-21)18(4)24-20-12-8-6-10-16(20)2;;;/h5-14H,1-4H3;2*1H3;/q3*-1;+3. The summed E-state index contributed by atoms with van der Waals surface area (Å²) < 4.78 is 0. The zero-order valence-corrected chi connectivity index (χ0v) is 18.6. The molecule has 0 fully saturated rings. The Kier molecular flexibility index (Phi) is 10.4. The second-order valence-electron chi connectivity index (χ2n) is 6.18. The summed E-state index contributed by atoms with van der Waals surface area (Å²) in [6, 6.07) is 20.2. The molecule has 1 heterocycles. The molecular weight excluding hydrogens is 386 g/mol. The molecule has 28 heavy (non-hydrogen) atoms. The Morgan fingerprint density at radius 1 is 0.643 bits per heavy atom. The van der Waals surface area contributed by atoms with E-state index in [2.05, 4.69) is 26.0 Å². The molecule has 0 saturated heterocycles. The number of aryl methyl sites for hydroxylation is 2. The molecule has 0 aliphatic heterocycles. The van der Waals surface area contributed by atoms with E-state index in [1.807, 2.05) is 62.4 Å². The van der Waals surface area contributed by atoms with Crippen LogP contribution in [0.1, 0.15) is 36.4 Å². The van der Waals surface area contributed by atoms with Gasteiger partial charge in [0.1, 0.15) is 0 Å². The molecule has 0 unspecified atom stereocenters. The van der Waals surface area contributed by atoms with Gasteiger partial charge in [-0.15, -0.1) is 11.4 Å². The fraction of sp³-hybridized carbons (Fsp3) is 0.167. The maximum Gasteiger partial charge on any atom is 3.00 e. The Hall–Kier alpha value is -2.42. The third-order valence-corrected chi connectivity index (χ3v) is 4.19. The average molecular weight is 414 g/mol. The molecule has 3 rings (SSSR count). The molecular formula is C24H28FeN3. The van der Waals surface area contributed by atoms with Crippen molar-refractivity contribution >= 4 is 22.8 Å². The third kappa shape index (κ3) is 6.05. The largest absolute Gasteiger partial charge is 3.00 e. The second kappa shape index (κ2) is 11.4. The second-order valence-corrected chi connectivity index (χ2v) is 6.18. The number of aliphatic imine (C=N–C) groups is 2. The summed E-state index contributed by atoms with van der Waals surface area (Å²) in [5.41, 5.74) is 7.87. The number of hydrogen-bond donors (Lipinski definition) is 0. The molecule has 0 saturated carbocycles. The Morgan fingerprint density at radius 3 is 1.36 bits per heavy atom. The Bertz CT molecular complexity index is 876. The summed E-state index contributed by atoms with van der Waals surface area (Å²) in [7, 11) is 0. The predicted octanol–water partition coefficient (Wildman–Crippen LogP) is 6.44. The molecule has 1 radical (unpaired) electrons. The molecule has 0 bridgehead atoms. The number of hydrogen-bond acceptors (Lipinski definition) is 2. The normalized spacial score (nSPS) is 11.1. The zero-order valence-electron chi connectivity index (χ0n) is 17.5. The quantitative estimate of drug-likeness (QED) is 0.275. The topological polar surface area (TPSA) is 38.8 Å². The Balaban J connectivity index is 0.00000243. The van der Waals surface area contributed by atoms with Gasteiger partial charge < -0.3 is 19.8 Å². The first kappa shape index (κ1) is 25.6. The molecule has 4 heteroatoms. The van der Waals surface area contributed by atoms with Gasteiger partial charge in [-0.25, -0.2) is 0 Å². The van der Waals surface area contributed by atoms with Crippen LogP contribution >= 0.6 is 0 Å². The van der Waals surface area contributed by atoms with Crippen LogP contribution < -0.4 is 4.98 Å². The van der Waals surface area contributed by atoms with Gasteiger partial charge >= 0.3 is 17.1 Å². The van der Waals surface area contributed by atoms with Crippen molar-refractivity contribution in [3.63, 3.8) is 0 Å². The summed E-state index contributed by atoms with van der Waals surface area (Å²) in [6.45, 7) is 8.11. The SMILES string of the molecule is CC(=Nc1ccccc1C)c1ccc(C(C)=Nc2ccccc2C)[n-]1.[CH3-].[CH3-].[Fe+3]. The first-order valence-corrected chi connectivity index (χ1v) is 8.41. The van der Waals surface area contributed by atoms with Gasteiger partial charge in [0.2, 0.25) is 0 Å². The van der Waals surface area contributed by atoms with Crippen molar-refractivity contribution in [2.24, 2.45) is 9.98 Å². The summed E-state index contributed by atoms with van der Waals surface area (Å²) in [6.07, 6.45) is 0.